The third kappa shape index (κ3) is 4.37. The molecule has 1 nitrogen and oxygen atoms in total. The van der Waals surface area contributed by atoms with E-state index < -0.39 is 0 Å². The van der Waals surface area contributed by atoms with Crippen LogP contribution in [0.25, 0.3) is 0 Å². The van der Waals surface area contributed by atoms with E-state index in [-0.39, 0.29) is 0 Å². The fourth-order valence-electron chi connectivity index (χ4n) is 3.13. The third-order valence-electron chi connectivity index (χ3n) is 4.11. The van der Waals surface area contributed by atoms with Crippen LogP contribution in [0.5, 0.6) is 0 Å². The maximum atomic E-state index is 6.11. The lowest BCUT2D eigenvalue weighted by Gasteiger charge is -2.26. The van der Waals surface area contributed by atoms with Crippen LogP contribution in [-0.2, 0) is 6.42 Å². The SMILES string of the molecule is CCNC1CCCCCC1Cc1ccc(Cl)c(Cl)c1. The molecule has 0 aromatic heterocycles. The van der Waals surface area contributed by atoms with Gasteiger partial charge in [0, 0.05) is 6.04 Å². The van der Waals surface area contributed by atoms with Gasteiger partial charge in [0.2, 0.25) is 0 Å². The summed E-state index contributed by atoms with van der Waals surface area (Å²) < 4.78 is 0. The lowest BCUT2D eigenvalue weighted by molar-refractivity contribution is 0.337. The van der Waals surface area contributed by atoms with E-state index in [1.165, 1.54) is 37.7 Å². The van der Waals surface area contributed by atoms with Crippen molar-refractivity contribution >= 4 is 23.2 Å². The molecule has 0 heterocycles. The summed E-state index contributed by atoms with van der Waals surface area (Å²) in [5.41, 5.74) is 1.31. The standard InChI is InChI=1S/C16H23Cl2N/c1-2-19-16-7-5-3-4-6-13(16)10-12-8-9-14(17)15(18)11-12/h8-9,11,13,16,19H,2-7,10H2,1H3. The molecule has 2 unspecified atom stereocenters. The van der Waals surface area contributed by atoms with Gasteiger partial charge in [-0.3, -0.25) is 0 Å². The molecule has 0 spiro atoms. The second-order valence-corrected chi connectivity index (χ2v) is 6.33. The predicted octanol–water partition coefficient (Wildman–Crippen LogP) is 5.09. The molecule has 2 rings (SSSR count). The second kappa shape index (κ2) is 7.52. The Hall–Kier alpha value is -0.240. The Morgan fingerprint density at radius 1 is 1.11 bits per heavy atom. The van der Waals surface area contributed by atoms with E-state index in [4.69, 9.17) is 23.2 Å². The molecule has 0 saturated heterocycles. The minimum Gasteiger partial charge on any atom is -0.314 e. The van der Waals surface area contributed by atoms with Crippen LogP contribution in [0.4, 0.5) is 0 Å². The first-order valence-corrected chi connectivity index (χ1v) is 8.13. The summed E-state index contributed by atoms with van der Waals surface area (Å²) >= 11 is 12.1. The average Bonchev–Trinajstić information content (AvgIpc) is 2.61. The Balaban J connectivity index is 2.06. The number of halogens is 2. The normalized spacial score (nSPS) is 24.2. The maximum Gasteiger partial charge on any atom is 0.0595 e. The molecule has 1 aliphatic rings. The van der Waals surface area contributed by atoms with Crippen LogP contribution in [0, 0.1) is 5.92 Å². The van der Waals surface area contributed by atoms with Crippen molar-refractivity contribution in [3.05, 3.63) is 33.8 Å². The second-order valence-electron chi connectivity index (χ2n) is 5.51. The van der Waals surface area contributed by atoms with Crippen molar-refractivity contribution in [3.8, 4) is 0 Å². The topological polar surface area (TPSA) is 12.0 Å². The summed E-state index contributed by atoms with van der Waals surface area (Å²) in [6.45, 7) is 3.25. The number of hydrogen-bond acceptors (Lipinski definition) is 1. The van der Waals surface area contributed by atoms with E-state index in [1.807, 2.05) is 12.1 Å². The van der Waals surface area contributed by atoms with Gasteiger partial charge in [0.05, 0.1) is 10.0 Å². The van der Waals surface area contributed by atoms with E-state index in [0.29, 0.717) is 16.1 Å². The molecular formula is C16H23Cl2N. The van der Waals surface area contributed by atoms with Crippen molar-refractivity contribution in [2.75, 3.05) is 6.54 Å². The molecule has 106 valence electrons. The van der Waals surface area contributed by atoms with Crippen LogP contribution in [-0.4, -0.2) is 12.6 Å². The van der Waals surface area contributed by atoms with Crippen LogP contribution in [0.3, 0.4) is 0 Å². The molecule has 1 N–H and O–H groups in total. The smallest absolute Gasteiger partial charge is 0.0595 e. The summed E-state index contributed by atoms with van der Waals surface area (Å²) in [4.78, 5) is 0. The molecule has 1 fully saturated rings. The van der Waals surface area contributed by atoms with Gasteiger partial charge in [0.1, 0.15) is 0 Å². The molecule has 0 radical (unpaired) electrons. The first kappa shape index (κ1) is 15.2. The first-order valence-electron chi connectivity index (χ1n) is 7.38. The third-order valence-corrected chi connectivity index (χ3v) is 4.85. The van der Waals surface area contributed by atoms with Gasteiger partial charge in [-0.05, 0) is 49.4 Å². The molecule has 2 atom stereocenters. The summed E-state index contributed by atoms with van der Waals surface area (Å²) in [6.07, 6.45) is 7.81. The van der Waals surface area contributed by atoms with Crippen molar-refractivity contribution in [1.82, 2.24) is 5.32 Å². The van der Waals surface area contributed by atoms with Crippen LogP contribution in [0.15, 0.2) is 18.2 Å². The Kier molecular flexibility index (Phi) is 6.00. The lowest BCUT2D eigenvalue weighted by atomic mass is 9.88. The number of hydrogen-bond donors (Lipinski definition) is 1. The van der Waals surface area contributed by atoms with E-state index in [2.05, 4.69) is 18.3 Å². The molecule has 1 aromatic carbocycles. The number of nitrogens with one attached hydrogen (secondary N) is 1. The Bertz CT molecular complexity index is 406. The van der Waals surface area contributed by atoms with E-state index in [9.17, 15) is 0 Å². The largest absolute Gasteiger partial charge is 0.314 e. The molecule has 1 saturated carbocycles. The molecule has 0 bridgehead atoms. The number of benzene rings is 1. The van der Waals surface area contributed by atoms with Crippen LogP contribution in [0.1, 0.15) is 44.6 Å². The average molecular weight is 300 g/mol. The highest BCUT2D eigenvalue weighted by atomic mass is 35.5. The first-order chi connectivity index (χ1) is 9.20. The van der Waals surface area contributed by atoms with Gasteiger partial charge >= 0.3 is 0 Å². The van der Waals surface area contributed by atoms with Crippen LogP contribution >= 0.6 is 23.2 Å². The Morgan fingerprint density at radius 3 is 2.63 bits per heavy atom. The summed E-state index contributed by atoms with van der Waals surface area (Å²) in [7, 11) is 0. The Labute approximate surface area is 126 Å². The highest BCUT2D eigenvalue weighted by Crippen LogP contribution is 2.29. The zero-order valence-corrected chi connectivity index (χ0v) is 13.1. The van der Waals surface area contributed by atoms with Crippen molar-refractivity contribution in [2.24, 2.45) is 5.92 Å². The van der Waals surface area contributed by atoms with E-state index >= 15 is 0 Å². The monoisotopic (exact) mass is 299 g/mol. The van der Waals surface area contributed by atoms with Gasteiger partial charge in [-0.1, -0.05) is 55.5 Å². The van der Waals surface area contributed by atoms with Crippen LogP contribution < -0.4 is 5.32 Å². The Morgan fingerprint density at radius 2 is 1.89 bits per heavy atom. The van der Waals surface area contributed by atoms with E-state index in [0.717, 1.165) is 18.9 Å². The van der Waals surface area contributed by atoms with Crippen LogP contribution in [0.2, 0.25) is 10.0 Å². The molecule has 3 heteroatoms. The van der Waals surface area contributed by atoms with E-state index in [1.54, 1.807) is 0 Å². The number of rotatable bonds is 4. The van der Waals surface area contributed by atoms with Crippen molar-refractivity contribution < 1.29 is 0 Å². The van der Waals surface area contributed by atoms with Crippen molar-refractivity contribution in [3.63, 3.8) is 0 Å². The molecular weight excluding hydrogens is 277 g/mol. The molecule has 1 aromatic rings. The minimum absolute atomic E-state index is 0.648. The van der Waals surface area contributed by atoms with Gasteiger partial charge in [0.25, 0.3) is 0 Å². The van der Waals surface area contributed by atoms with Gasteiger partial charge < -0.3 is 5.32 Å². The highest BCUT2D eigenvalue weighted by molar-refractivity contribution is 6.42. The highest BCUT2D eigenvalue weighted by Gasteiger charge is 2.23. The van der Waals surface area contributed by atoms with Gasteiger partial charge in [-0.15, -0.1) is 0 Å². The zero-order chi connectivity index (χ0) is 13.7. The van der Waals surface area contributed by atoms with Crippen molar-refractivity contribution in [1.29, 1.82) is 0 Å². The molecule has 1 aliphatic carbocycles. The van der Waals surface area contributed by atoms with Gasteiger partial charge in [-0.2, -0.15) is 0 Å². The molecule has 19 heavy (non-hydrogen) atoms. The van der Waals surface area contributed by atoms with Gasteiger partial charge in [-0.25, -0.2) is 0 Å². The molecule has 0 aliphatic heterocycles. The summed E-state index contributed by atoms with van der Waals surface area (Å²) in [6, 6.07) is 6.71. The maximum absolute atomic E-state index is 6.11. The quantitative estimate of drug-likeness (QED) is 0.763. The minimum atomic E-state index is 0.648. The fraction of sp³-hybridized carbons (Fsp3) is 0.625. The predicted molar refractivity (Wildman–Crippen MR) is 84.2 cm³/mol. The van der Waals surface area contributed by atoms with Crippen molar-refractivity contribution in [2.45, 2.75) is 51.5 Å². The fourth-order valence-corrected chi connectivity index (χ4v) is 3.45. The zero-order valence-electron chi connectivity index (χ0n) is 11.6. The van der Waals surface area contributed by atoms with Gasteiger partial charge in [0.15, 0.2) is 0 Å². The summed E-state index contributed by atoms with van der Waals surface area (Å²) in [5.74, 6) is 0.722. The summed E-state index contributed by atoms with van der Waals surface area (Å²) in [5, 5.41) is 4.98. The molecule has 0 amide bonds. The lowest BCUT2D eigenvalue weighted by Crippen LogP contribution is -2.36.